The minimum absolute atomic E-state index is 0.0417. The van der Waals surface area contributed by atoms with Crippen LogP contribution in [0.4, 0.5) is 17.1 Å². The first-order valence-electron chi connectivity index (χ1n) is 11.0. The highest BCUT2D eigenvalue weighted by Crippen LogP contribution is 2.35. The number of aliphatic imine (C=N–C) groups is 1. The van der Waals surface area contributed by atoms with E-state index >= 15 is 0 Å². The van der Waals surface area contributed by atoms with E-state index in [0.29, 0.717) is 33.5 Å². The summed E-state index contributed by atoms with van der Waals surface area (Å²) in [6.07, 6.45) is 3.06. The van der Waals surface area contributed by atoms with Gasteiger partial charge in [0.05, 0.1) is 22.8 Å². The molecule has 0 fully saturated rings. The van der Waals surface area contributed by atoms with Crippen LogP contribution in [0.5, 0.6) is 5.75 Å². The minimum atomic E-state index is -0.255. The van der Waals surface area contributed by atoms with Gasteiger partial charge in [0.15, 0.2) is 11.4 Å². The predicted molar refractivity (Wildman–Crippen MR) is 137 cm³/mol. The molecule has 0 saturated heterocycles. The Morgan fingerprint density at radius 2 is 1.66 bits per heavy atom. The summed E-state index contributed by atoms with van der Waals surface area (Å²) in [6.45, 7) is 1.83. The summed E-state index contributed by atoms with van der Waals surface area (Å²) in [5, 5.41) is 20.3. The van der Waals surface area contributed by atoms with Crippen molar-refractivity contribution in [2.75, 3.05) is 0 Å². The van der Waals surface area contributed by atoms with E-state index in [1.165, 1.54) is 6.21 Å². The number of aromatic hydroxyl groups is 1. The number of pyridine rings is 1. The van der Waals surface area contributed by atoms with Crippen molar-refractivity contribution in [3.63, 3.8) is 0 Å². The van der Waals surface area contributed by atoms with E-state index in [1.54, 1.807) is 27.7 Å². The first-order valence-corrected chi connectivity index (χ1v) is 11.0. The molecule has 0 aliphatic carbocycles. The van der Waals surface area contributed by atoms with Gasteiger partial charge in [0.1, 0.15) is 5.52 Å². The molecular formula is C27H22N6O2. The Bertz CT molecular complexity index is 1630. The van der Waals surface area contributed by atoms with Gasteiger partial charge in [-0.3, -0.25) is 14.5 Å². The molecule has 35 heavy (non-hydrogen) atoms. The number of rotatable bonds is 5. The maximum atomic E-state index is 13.2. The van der Waals surface area contributed by atoms with Crippen molar-refractivity contribution >= 4 is 34.2 Å². The lowest BCUT2D eigenvalue weighted by atomic mass is 10.1. The number of phenols is 1. The fourth-order valence-electron chi connectivity index (χ4n) is 3.86. The zero-order valence-electron chi connectivity index (χ0n) is 19.2. The Labute approximate surface area is 201 Å². The molecule has 172 valence electrons. The van der Waals surface area contributed by atoms with Crippen LogP contribution in [-0.2, 0) is 7.05 Å². The van der Waals surface area contributed by atoms with Crippen LogP contribution < -0.4 is 5.56 Å². The van der Waals surface area contributed by atoms with Crippen molar-refractivity contribution in [2.45, 2.75) is 6.92 Å². The fourth-order valence-corrected chi connectivity index (χ4v) is 3.86. The third kappa shape index (κ3) is 4.13. The summed E-state index contributed by atoms with van der Waals surface area (Å²) in [5.74, 6) is -0.0417. The molecule has 1 N–H and O–H groups in total. The van der Waals surface area contributed by atoms with Crippen molar-refractivity contribution < 1.29 is 5.11 Å². The van der Waals surface area contributed by atoms with Crippen LogP contribution in [-0.4, -0.2) is 25.7 Å². The Kier molecular flexibility index (Phi) is 5.76. The van der Waals surface area contributed by atoms with E-state index in [4.69, 9.17) is 0 Å². The Morgan fingerprint density at radius 3 is 2.40 bits per heavy atom. The molecule has 0 atom stereocenters. The molecule has 2 heterocycles. The highest BCUT2D eigenvalue weighted by Gasteiger charge is 2.16. The number of aromatic nitrogens is 3. The van der Waals surface area contributed by atoms with Gasteiger partial charge in [-0.1, -0.05) is 36.4 Å². The number of para-hydroxylation sites is 1. The topological polar surface area (TPSA) is 97.1 Å². The standard InChI is InChI=1S/C27H22N6O2/c1-18-24(27(35)33(32(18)2)21-12-7-4-8-13-21)29-17-19-16-23(31-30-20-10-5-3-6-11-20)22-14-9-15-28-25(22)26(19)34/h3-17,34H,1-2H3. The van der Waals surface area contributed by atoms with Gasteiger partial charge in [0.25, 0.3) is 5.56 Å². The van der Waals surface area contributed by atoms with Gasteiger partial charge in [-0.05, 0) is 49.4 Å². The molecule has 0 unspecified atom stereocenters. The minimum Gasteiger partial charge on any atom is -0.505 e. The van der Waals surface area contributed by atoms with Crippen molar-refractivity contribution in [3.8, 4) is 11.4 Å². The van der Waals surface area contributed by atoms with Crippen molar-refractivity contribution in [1.29, 1.82) is 0 Å². The van der Waals surface area contributed by atoms with E-state index < -0.39 is 0 Å². The van der Waals surface area contributed by atoms with Gasteiger partial charge in [-0.25, -0.2) is 9.67 Å². The van der Waals surface area contributed by atoms with Crippen molar-refractivity contribution in [2.24, 2.45) is 22.3 Å². The zero-order valence-corrected chi connectivity index (χ0v) is 19.2. The second-order valence-corrected chi connectivity index (χ2v) is 7.94. The molecule has 3 aromatic carbocycles. The normalized spacial score (nSPS) is 11.7. The van der Waals surface area contributed by atoms with Crippen LogP contribution in [0.25, 0.3) is 16.6 Å². The molecule has 0 amide bonds. The number of benzene rings is 3. The summed E-state index contributed by atoms with van der Waals surface area (Å²) in [4.78, 5) is 22.0. The monoisotopic (exact) mass is 462 g/mol. The number of nitrogens with zero attached hydrogens (tertiary/aromatic N) is 6. The number of hydrogen-bond acceptors (Lipinski definition) is 6. The lowest BCUT2D eigenvalue weighted by Crippen LogP contribution is -2.19. The lowest BCUT2D eigenvalue weighted by molar-refractivity contribution is 0.479. The van der Waals surface area contributed by atoms with E-state index in [-0.39, 0.29) is 17.0 Å². The van der Waals surface area contributed by atoms with Gasteiger partial charge in [0, 0.05) is 30.4 Å². The van der Waals surface area contributed by atoms with E-state index in [2.05, 4.69) is 20.2 Å². The van der Waals surface area contributed by atoms with Crippen LogP contribution in [0.15, 0.2) is 105 Å². The summed E-state index contributed by atoms with van der Waals surface area (Å²) >= 11 is 0. The van der Waals surface area contributed by atoms with Gasteiger partial charge >= 0.3 is 0 Å². The maximum absolute atomic E-state index is 13.2. The summed E-state index contributed by atoms with van der Waals surface area (Å²) in [5.41, 5.74) is 3.46. The Balaban J connectivity index is 1.60. The lowest BCUT2D eigenvalue weighted by Gasteiger charge is -2.07. The fraction of sp³-hybridized carbons (Fsp3) is 0.0741. The molecule has 2 aromatic heterocycles. The van der Waals surface area contributed by atoms with Crippen LogP contribution in [0.1, 0.15) is 11.3 Å². The van der Waals surface area contributed by atoms with E-state index in [1.807, 2.05) is 80.7 Å². The molecule has 0 saturated carbocycles. The predicted octanol–water partition coefficient (Wildman–Crippen LogP) is 5.90. The highest BCUT2D eigenvalue weighted by molar-refractivity contribution is 6.01. The van der Waals surface area contributed by atoms with Crippen LogP contribution in [0.2, 0.25) is 0 Å². The second kappa shape index (κ2) is 9.18. The smallest absolute Gasteiger partial charge is 0.297 e. The number of azo groups is 1. The highest BCUT2D eigenvalue weighted by atomic mass is 16.3. The SMILES string of the molecule is Cc1c(N=Cc2cc(N=Nc3ccccc3)c3cccnc3c2O)c(=O)n(-c2ccccc2)n1C. The molecule has 8 heteroatoms. The van der Waals surface area contributed by atoms with Crippen molar-refractivity contribution in [1.82, 2.24) is 14.3 Å². The maximum Gasteiger partial charge on any atom is 0.297 e. The zero-order chi connectivity index (χ0) is 24.4. The molecule has 5 aromatic rings. The summed E-state index contributed by atoms with van der Waals surface area (Å²) in [6, 6.07) is 24.0. The molecule has 0 aliphatic heterocycles. The first kappa shape index (κ1) is 22.0. The van der Waals surface area contributed by atoms with Crippen LogP contribution in [0, 0.1) is 6.92 Å². The van der Waals surface area contributed by atoms with Gasteiger partial charge in [-0.2, -0.15) is 5.11 Å². The van der Waals surface area contributed by atoms with E-state index in [0.717, 1.165) is 5.69 Å². The van der Waals surface area contributed by atoms with Crippen LogP contribution >= 0.6 is 0 Å². The largest absolute Gasteiger partial charge is 0.505 e. The van der Waals surface area contributed by atoms with E-state index in [9.17, 15) is 9.90 Å². The van der Waals surface area contributed by atoms with Crippen molar-refractivity contribution in [3.05, 3.63) is 107 Å². The number of fused-ring (bicyclic) bond motifs is 1. The quantitative estimate of drug-likeness (QED) is 0.260. The van der Waals surface area contributed by atoms with Gasteiger partial charge < -0.3 is 5.11 Å². The molecule has 0 bridgehead atoms. The molecule has 0 radical (unpaired) electrons. The summed E-state index contributed by atoms with van der Waals surface area (Å²) in [7, 11) is 1.81. The third-order valence-corrected chi connectivity index (χ3v) is 5.76. The van der Waals surface area contributed by atoms with Crippen LogP contribution in [0.3, 0.4) is 0 Å². The molecule has 0 spiro atoms. The second-order valence-electron chi connectivity index (χ2n) is 7.94. The number of hydrogen-bond donors (Lipinski definition) is 1. The van der Waals surface area contributed by atoms with Gasteiger partial charge in [-0.15, -0.1) is 5.11 Å². The average Bonchev–Trinajstić information content (AvgIpc) is 3.11. The van der Waals surface area contributed by atoms with Gasteiger partial charge in [0.2, 0.25) is 0 Å². The molecule has 8 nitrogen and oxygen atoms in total. The molecular weight excluding hydrogens is 440 g/mol. The summed E-state index contributed by atoms with van der Waals surface area (Å²) < 4.78 is 3.31. The Morgan fingerprint density at radius 1 is 0.943 bits per heavy atom. The molecule has 0 aliphatic rings. The number of phenolic OH excluding ortho intramolecular Hbond substituents is 1. The average molecular weight is 463 g/mol. The third-order valence-electron chi connectivity index (χ3n) is 5.76. The molecule has 5 rings (SSSR count). The first-order chi connectivity index (χ1) is 17.0. The Hall–Kier alpha value is -4.85.